The van der Waals surface area contributed by atoms with Crippen LogP contribution in [0, 0.1) is 0 Å². The van der Waals surface area contributed by atoms with E-state index in [0.717, 1.165) is 19.1 Å². The molecule has 0 spiro atoms. The molecule has 0 aromatic carbocycles. The zero-order chi connectivity index (χ0) is 13.8. The van der Waals surface area contributed by atoms with Crippen LogP contribution < -0.4 is 5.32 Å². The number of likely N-dealkylation sites (N-methyl/N-ethyl adjacent to an activating group) is 1. The predicted octanol–water partition coefficient (Wildman–Crippen LogP) is 1.92. The van der Waals surface area contributed by atoms with Gasteiger partial charge >= 0.3 is 0 Å². The van der Waals surface area contributed by atoms with Crippen molar-refractivity contribution in [2.75, 3.05) is 33.2 Å². The third-order valence-electron chi connectivity index (χ3n) is 4.48. The van der Waals surface area contributed by atoms with Gasteiger partial charge in [0.2, 0.25) is 0 Å². The lowest BCUT2D eigenvalue weighted by atomic mass is 10.2. The van der Waals surface area contributed by atoms with Crippen LogP contribution in [0.4, 0.5) is 0 Å². The summed E-state index contributed by atoms with van der Waals surface area (Å²) >= 11 is 1.88. The largest absolute Gasteiger partial charge is 0.309 e. The molecule has 5 heteroatoms. The van der Waals surface area contributed by atoms with Gasteiger partial charge in [-0.1, -0.05) is 12.8 Å². The van der Waals surface area contributed by atoms with Crippen LogP contribution in [0.3, 0.4) is 0 Å². The fourth-order valence-electron chi connectivity index (χ4n) is 3.07. The second-order valence-corrected chi connectivity index (χ2v) is 7.36. The monoisotopic (exact) mass is 294 g/mol. The minimum Gasteiger partial charge on any atom is -0.309 e. The molecule has 1 aliphatic carbocycles. The van der Waals surface area contributed by atoms with Gasteiger partial charge in [0.1, 0.15) is 5.01 Å². The second-order valence-electron chi connectivity index (χ2n) is 6.16. The van der Waals surface area contributed by atoms with Crippen molar-refractivity contribution in [3.05, 3.63) is 16.1 Å². The molecule has 1 saturated carbocycles. The summed E-state index contributed by atoms with van der Waals surface area (Å²) < 4.78 is 0. The number of piperazine rings is 1. The lowest BCUT2D eigenvalue weighted by Gasteiger charge is -2.31. The molecular weight excluding hydrogens is 268 g/mol. The molecule has 3 rings (SSSR count). The van der Waals surface area contributed by atoms with Crippen molar-refractivity contribution in [3.63, 3.8) is 0 Å². The third-order valence-corrected chi connectivity index (χ3v) is 5.46. The Labute approximate surface area is 126 Å². The van der Waals surface area contributed by atoms with Crippen LogP contribution in [0.25, 0.3) is 0 Å². The summed E-state index contributed by atoms with van der Waals surface area (Å²) in [6, 6.07) is 0.748. The SMILES string of the molecule is CN1CCN(Cc2ncc(CNC3CCCC3)s2)CC1. The van der Waals surface area contributed by atoms with Crippen LogP contribution in [0.5, 0.6) is 0 Å². The Hall–Kier alpha value is -0.490. The standard InChI is InChI=1S/C15H26N4S/c1-18-6-8-19(9-7-18)12-15-17-11-14(20-15)10-16-13-4-2-3-5-13/h11,13,16H,2-10,12H2,1H3. The molecule has 1 aromatic heterocycles. The molecule has 0 amide bonds. The number of hydrogen-bond acceptors (Lipinski definition) is 5. The lowest BCUT2D eigenvalue weighted by molar-refractivity contribution is 0.148. The van der Waals surface area contributed by atoms with Gasteiger partial charge in [-0.2, -0.15) is 0 Å². The van der Waals surface area contributed by atoms with Crippen LogP contribution in [0.1, 0.15) is 35.6 Å². The Morgan fingerprint density at radius 3 is 2.75 bits per heavy atom. The zero-order valence-electron chi connectivity index (χ0n) is 12.5. The van der Waals surface area contributed by atoms with E-state index < -0.39 is 0 Å². The molecule has 1 saturated heterocycles. The number of hydrogen-bond donors (Lipinski definition) is 1. The quantitative estimate of drug-likeness (QED) is 0.899. The van der Waals surface area contributed by atoms with Gasteiger partial charge in [-0.15, -0.1) is 11.3 Å². The van der Waals surface area contributed by atoms with E-state index in [2.05, 4.69) is 33.3 Å². The average molecular weight is 294 g/mol. The zero-order valence-corrected chi connectivity index (χ0v) is 13.3. The highest BCUT2D eigenvalue weighted by Gasteiger charge is 2.16. The normalized spacial score (nSPS) is 22.6. The van der Waals surface area contributed by atoms with Crippen LogP contribution >= 0.6 is 11.3 Å². The van der Waals surface area contributed by atoms with E-state index in [4.69, 9.17) is 0 Å². The van der Waals surface area contributed by atoms with Crippen LogP contribution in [0.15, 0.2) is 6.20 Å². The van der Waals surface area contributed by atoms with Crippen molar-refractivity contribution in [2.24, 2.45) is 0 Å². The molecule has 0 unspecified atom stereocenters. The fourth-order valence-corrected chi connectivity index (χ4v) is 3.99. The molecule has 0 radical (unpaired) electrons. The summed E-state index contributed by atoms with van der Waals surface area (Å²) in [5, 5.41) is 4.95. The second kappa shape index (κ2) is 6.98. The fraction of sp³-hybridized carbons (Fsp3) is 0.800. The Morgan fingerprint density at radius 2 is 2.00 bits per heavy atom. The average Bonchev–Trinajstić information content (AvgIpc) is 3.10. The molecule has 0 bridgehead atoms. The van der Waals surface area contributed by atoms with E-state index in [9.17, 15) is 0 Å². The van der Waals surface area contributed by atoms with Crippen LogP contribution in [0.2, 0.25) is 0 Å². The molecule has 2 fully saturated rings. The summed E-state index contributed by atoms with van der Waals surface area (Å²) in [6.07, 6.45) is 7.57. The van der Waals surface area contributed by atoms with Crippen LogP contribution in [-0.2, 0) is 13.1 Å². The molecule has 1 aromatic rings. The maximum atomic E-state index is 4.60. The molecule has 1 N–H and O–H groups in total. The molecule has 1 aliphatic heterocycles. The van der Waals surface area contributed by atoms with Gasteiger partial charge in [0, 0.05) is 49.8 Å². The molecule has 112 valence electrons. The van der Waals surface area contributed by atoms with Crippen molar-refractivity contribution >= 4 is 11.3 Å². The predicted molar refractivity (Wildman–Crippen MR) is 84.0 cm³/mol. The molecule has 4 nitrogen and oxygen atoms in total. The molecule has 2 heterocycles. The highest BCUT2D eigenvalue weighted by molar-refractivity contribution is 7.11. The first-order valence-corrected chi connectivity index (χ1v) is 8.69. The number of rotatable bonds is 5. The molecule has 20 heavy (non-hydrogen) atoms. The summed E-state index contributed by atoms with van der Waals surface area (Å²) in [4.78, 5) is 10.9. The highest BCUT2D eigenvalue weighted by atomic mass is 32.1. The third kappa shape index (κ3) is 4.01. The first-order valence-electron chi connectivity index (χ1n) is 7.87. The van der Waals surface area contributed by atoms with Crippen molar-refractivity contribution in [3.8, 4) is 0 Å². The minimum atomic E-state index is 0.748. The molecular formula is C15H26N4S. The molecule has 2 aliphatic rings. The van der Waals surface area contributed by atoms with Gasteiger partial charge in [0.25, 0.3) is 0 Å². The van der Waals surface area contributed by atoms with Crippen molar-refractivity contribution in [2.45, 2.75) is 44.8 Å². The number of nitrogens with zero attached hydrogens (tertiary/aromatic N) is 3. The van der Waals surface area contributed by atoms with Crippen molar-refractivity contribution < 1.29 is 0 Å². The Balaban J connectivity index is 1.44. The van der Waals surface area contributed by atoms with Gasteiger partial charge in [0.15, 0.2) is 0 Å². The Bertz CT molecular complexity index is 406. The van der Waals surface area contributed by atoms with E-state index in [1.165, 1.54) is 61.7 Å². The van der Waals surface area contributed by atoms with Gasteiger partial charge in [0.05, 0.1) is 6.54 Å². The first-order chi connectivity index (χ1) is 9.79. The summed E-state index contributed by atoms with van der Waals surface area (Å²) in [6.45, 7) is 6.74. The lowest BCUT2D eigenvalue weighted by Crippen LogP contribution is -2.43. The number of nitrogens with one attached hydrogen (secondary N) is 1. The van der Waals surface area contributed by atoms with E-state index >= 15 is 0 Å². The topological polar surface area (TPSA) is 31.4 Å². The van der Waals surface area contributed by atoms with E-state index in [-0.39, 0.29) is 0 Å². The summed E-state index contributed by atoms with van der Waals surface area (Å²) in [5.74, 6) is 0. The maximum Gasteiger partial charge on any atom is 0.107 e. The Morgan fingerprint density at radius 1 is 1.25 bits per heavy atom. The van der Waals surface area contributed by atoms with Gasteiger partial charge < -0.3 is 10.2 Å². The van der Waals surface area contributed by atoms with Crippen molar-refractivity contribution in [1.82, 2.24) is 20.1 Å². The van der Waals surface area contributed by atoms with Gasteiger partial charge in [-0.05, 0) is 19.9 Å². The van der Waals surface area contributed by atoms with Crippen molar-refractivity contribution in [1.29, 1.82) is 0 Å². The van der Waals surface area contributed by atoms with Gasteiger partial charge in [-0.3, -0.25) is 4.90 Å². The highest BCUT2D eigenvalue weighted by Crippen LogP contribution is 2.20. The summed E-state index contributed by atoms with van der Waals surface area (Å²) in [7, 11) is 2.20. The maximum absolute atomic E-state index is 4.60. The first kappa shape index (κ1) is 14.4. The summed E-state index contributed by atoms with van der Waals surface area (Å²) in [5.41, 5.74) is 0. The number of thiazole rings is 1. The van der Waals surface area contributed by atoms with E-state index in [0.29, 0.717) is 0 Å². The smallest absolute Gasteiger partial charge is 0.107 e. The number of aromatic nitrogens is 1. The van der Waals surface area contributed by atoms with Gasteiger partial charge in [-0.25, -0.2) is 4.98 Å². The van der Waals surface area contributed by atoms with E-state index in [1.54, 1.807) is 0 Å². The molecule has 0 atom stereocenters. The van der Waals surface area contributed by atoms with E-state index in [1.807, 2.05) is 11.3 Å². The minimum absolute atomic E-state index is 0.748. The van der Waals surface area contributed by atoms with Crippen LogP contribution in [-0.4, -0.2) is 54.1 Å². The Kier molecular flexibility index (Phi) is 5.04.